The van der Waals surface area contributed by atoms with Crippen molar-refractivity contribution >= 4 is 31.0 Å². The van der Waals surface area contributed by atoms with Crippen molar-refractivity contribution in [1.29, 1.82) is 0 Å². The number of benzene rings is 2. The fourth-order valence-corrected chi connectivity index (χ4v) is 2.56. The Kier molecular flexibility index (Phi) is 4.79. The summed E-state index contributed by atoms with van der Waals surface area (Å²) in [6.45, 7) is 0. The van der Waals surface area contributed by atoms with Crippen LogP contribution in [0.3, 0.4) is 0 Å². The van der Waals surface area contributed by atoms with Gasteiger partial charge in [-0.1, -0.05) is 12.1 Å². The minimum absolute atomic E-state index is 0. The Labute approximate surface area is 132 Å². The van der Waals surface area contributed by atoms with E-state index in [4.69, 9.17) is 9.11 Å². The van der Waals surface area contributed by atoms with E-state index in [1.165, 1.54) is 24.3 Å². The van der Waals surface area contributed by atoms with Crippen LogP contribution in [-0.4, -0.2) is 25.9 Å². The van der Waals surface area contributed by atoms with Gasteiger partial charge < -0.3 is 0 Å². The van der Waals surface area contributed by atoms with Crippen LogP contribution >= 0.6 is 0 Å². The van der Waals surface area contributed by atoms with Crippen LogP contribution in [0.1, 0.15) is 0 Å². The Hall–Kier alpha value is -0.480. The molecule has 2 aromatic rings. The van der Waals surface area contributed by atoms with Crippen LogP contribution < -0.4 is 29.6 Å². The molecule has 0 radical (unpaired) electrons. The fraction of sp³-hybridized carbons (Fsp3) is 0. The Morgan fingerprint density at radius 2 is 1.05 bits per heavy atom. The Morgan fingerprint density at radius 3 is 1.37 bits per heavy atom. The first-order chi connectivity index (χ1) is 8.18. The van der Waals surface area contributed by atoms with Crippen molar-refractivity contribution in [1.82, 2.24) is 0 Å². The van der Waals surface area contributed by atoms with E-state index < -0.39 is 20.2 Å². The van der Waals surface area contributed by atoms with Gasteiger partial charge in [-0.15, -0.1) is 0 Å². The molecule has 0 unspecified atom stereocenters. The Morgan fingerprint density at radius 1 is 0.684 bits per heavy atom. The predicted octanol–water partition coefficient (Wildman–Crippen LogP) is -1.66. The van der Waals surface area contributed by atoms with E-state index in [0.717, 1.165) is 12.1 Å². The molecule has 6 nitrogen and oxygen atoms in total. The van der Waals surface area contributed by atoms with Crippen LogP contribution in [-0.2, 0) is 20.2 Å². The first-order valence-corrected chi connectivity index (χ1v) is 7.55. The van der Waals surface area contributed by atoms with Crippen molar-refractivity contribution in [3.63, 3.8) is 0 Å². The summed E-state index contributed by atoms with van der Waals surface area (Å²) >= 11 is 0. The van der Waals surface area contributed by atoms with E-state index in [0.29, 0.717) is 5.39 Å². The number of hydrogen-bond donors (Lipinski definition) is 2. The molecule has 0 aliphatic heterocycles. The molecule has 0 bridgehead atoms. The quantitative estimate of drug-likeness (QED) is 0.507. The van der Waals surface area contributed by atoms with Crippen LogP contribution in [0.25, 0.3) is 10.8 Å². The minimum Gasteiger partial charge on any atom is -0.282 e. The zero-order valence-electron chi connectivity index (χ0n) is 9.81. The topological polar surface area (TPSA) is 109 Å². The second-order valence-corrected chi connectivity index (χ2v) is 6.46. The van der Waals surface area contributed by atoms with Gasteiger partial charge in [-0.05, 0) is 35.0 Å². The second-order valence-electron chi connectivity index (χ2n) is 3.62. The summed E-state index contributed by atoms with van der Waals surface area (Å²) < 4.78 is 61.5. The molecule has 96 valence electrons. The maximum absolute atomic E-state index is 10.9. The Balaban J connectivity index is 0.00000180. The minimum atomic E-state index is -4.35. The van der Waals surface area contributed by atoms with Gasteiger partial charge in [0.15, 0.2) is 0 Å². The molecule has 19 heavy (non-hydrogen) atoms. The van der Waals surface area contributed by atoms with Gasteiger partial charge in [0.1, 0.15) is 0 Å². The molecule has 9 heteroatoms. The summed E-state index contributed by atoms with van der Waals surface area (Å²) in [4.78, 5) is -0.690. The number of fused-ring (bicyclic) bond motifs is 1. The third kappa shape index (κ3) is 3.76. The fourth-order valence-electron chi connectivity index (χ4n) is 1.52. The molecule has 0 saturated carbocycles. The van der Waals surface area contributed by atoms with Crippen LogP contribution in [0.4, 0.5) is 0 Å². The molecule has 0 saturated heterocycles. The summed E-state index contributed by atoms with van der Waals surface area (Å²) in [6.07, 6.45) is 0. The third-order valence-corrected chi connectivity index (χ3v) is 4.08. The normalized spacial score (nSPS) is 12.1. The van der Waals surface area contributed by atoms with Gasteiger partial charge in [-0.3, -0.25) is 9.11 Å². The summed E-state index contributed by atoms with van der Waals surface area (Å²) in [5.74, 6) is 0. The van der Waals surface area contributed by atoms with Crippen molar-refractivity contribution in [2.45, 2.75) is 9.79 Å². The average molecular weight is 311 g/mol. The molecule has 2 aromatic carbocycles. The molecule has 2 N–H and O–H groups in total. The van der Waals surface area contributed by atoms with E-state index in [9.17, 15) is 16.8 Å². The third-order valence-electron chi connectivity index (χ3n) is 2.38. The molecule has 0 aliphatic carbocycles. The van der Waals surface area contributed by atoms with Gasteiger partial charge in [0.2, 0.25) is 0 Å². The first-order valence-electron chi connectivity index (χ1n) is 4.67. The molecule has 0 aromatic heterocycles. The van der Waals surface area contributed by atoms with Gasteiger partial charge >= 0.3 is 29.6 Å². The standard InChI is InChI=1S/C10H8O6S2.Na/c11-17(12,13)9-3-1-7-2-4-10(18(14,15)16)6-8(7)5-9;/h1-6H,(H,11,12,13)(H,14,15,16);/q;+1. The van der Waals surface area contributed by atoms with Gasteiger partial charge in [0, 0.05) is 0 Å². The molecule has 0 spiro atoms. The van der Waals surface area contributed by atoms with Gasteiger partial charge in [-0.2, -0.15) is 16.8 Å². The van der Waals surface area contributed by atoms with E-state index >= 15 is 0 Å². The molecule has 0 heterocycles. The van der Waals surface area contributed by atoms with E-state index in [2.05, 4.69) is 0 Å². The summed E-state index contributed by atoms with van der Waals surface area (Å²) in [5.41, 5.74) is 0. The molecular formula is C10H8NaO6S2+. The maximum atomic E-state index is 10.9. The molecule has 0 fully saturated rings. The van der Waals surface area contributed by atoms with Crippen molar-refractivity contribution in [3.05, 3.63) is 36.4 Å². The summed E-state index contributed by atoms with van der Waals surface area (Å²) in [5, 5.41) is 0.857. The van der Waals surface area contributed by atoms with Gasteiger partial charge in [-0.25, -0.2) is 0 Å². The second kappa shape index (κ2) is 5.49. The van der Waals surface area contributed by atoms with Gasteiger partial charge in [0.05, 0.1) is 9.79 Å². The zero-order chi connectivity index (χ0) is 13.6. The predicted molar refractivity (Wildman–Crippen MR) is 63.6 cm³/mol. The maximum Gasteiger partial charge on any atom is 1.00 e. The Bertz CT molecular complexity index is 759. The van der Waals surface area contributed by atoms with Gasteiger partial charge in [0.25, 0.3) is 20.2 Å². The van der Waals surface area contributed by atoms with Crippen LogP contribution in [0, 0.1) is 0 Å². The molecule has 2 rings (SSSR count). The average Bonchev–Trinajstić information content (AvgIpc) is 2.25. The van der Waals surface area contributed by atoms with Crippen molar-refractivity contribution < 1.29 is 55.5 Å². The number of hydrogen-bond acceptors (Lipinski definition) is 4. The molecule has 0 aliphatic rings. The summed E-state index contributed by atoms with van der Waals surface area (Å²) in [7, 11) is -8.71. The van der Waals surface area contributed by atoms with Crippen molar-refractivity contribution in [2.75, 3.05) is 0 Å². The monoisotopic (exact) mass is 311 g/mol. The summed E-state index contributed by atoms with van der Waals surface area (Å²) in [6, 6.07) is 7.49. The molecule has 0 amide bonds. The SMILES string of the molecule is O=S(=O)(O)c1ccc2ccc(S(=O)(=O)O)cc2c1.[Na+]. The van der Waals surface area contributed by atoms with Crippen molar-refractivity contribution in [3.8, 4) is 0 Å². The zero-order valence-corrected chi connectivity index (χ0v) is 13.4. The van der Waals surface area contributed by atoms with Crippen LogP contribution in [0.5, 0.6) is 0 Å². The smallest absolute Gasteiger partial charge is 0.282 e. The first kappa shape index (κ1) is 16.6. The molecule has 0 atom stereocenters. The molecular weight excluding hydrogens is 303 g/mol. The van der Waals surface area contributed by atoms with E-state index in [1.54, 1.807) is 0 Å². The number of rotatable bonds is 2. The largest absolute Gasteiger partial charge is 1.00 e. The van der Waals surface area contributed by atoms with E-state index in [-0.39, 0.29) is 44.7 Å². The van der Waals surface area contributed by atoms with Crippen molar-refractivity contribution in [2.24, 2.45) is 0 Å². The van der Waals surface area contributed by atoms with E-state index in [1.807, 2.05) is 0 Å². The van der Waals surface area contributed by atoms with Crippen LogP contribution in [0.15, 0.2) is 46.2 Å². The van der Waals surface area contributed by atoms with Crippen LogP contribution in [0.2, 0.25) is 0 Å².